The lowest BCUT2D eigenvalue weighted by atomic mass is 9.88. The third kappa shape index (κ3) is 3.78. The first-order valence-electron chi connectivity index (χ1n) is 5.73. The third-order valence-electron chi connectivity index (χ3n) is 2.79. The first-order valence-corrected chi connectivity index (χ1v) is 6.61. The molecule has 5 heteroatoms. The van der Waals surface area contributed by atoms with E-state index in [1.807, 2.05) is 13.8 Å². The molecule has 0 radical (unpaired) electrons. The van der Waals surface area contributed by atoms with Gasteiger partial charge in [0.2, 0.25) is 0 Å². The van der Waals surface area contributed by atoms with E-state index in [-0.39, 0.29) is 23.4 Å². The summed E-state index contributed by atoms with van der Waals surface area (Å²) in [6.07, 6.45) is 0. The molecule has 1 aromatic rings. The molecule has 96 valence electrons. The Bertz CT molecular complexity index is 393. The van der Waals surface area contributed by atoms with E-state index in [0.717, 1.165) is 5.01 Å². The van der Waals surface area contributed by atoms with E-state index < -0.39 is 0 Å². The Morgan fingerprint density at radius 3 is 2.47 bits per heavy atom. The van der Waals surface area contributed by atoms with Crippen LogP contribution in [0, 0.1) is 5.41 Å². The highest BCUT2D eigenvalue weighted by Gasteiger charge is 2.23. The molecule has 0 aliphatic heterocycles. The van der Waals surface area contributed by atoms with E-state index in [1.165, 1.54) is 11.3 Å². The van der Waals surface area contributed by atoms with Crippen LogP contribution < -0.4 is 11.1 Å². The lowest BCUT2D eigenvalue weighted by Gasteiger charge is -2.27. The molecular formula is C12H21N3OS. The first-order chi connectivity index (χ1) is 7.71. The summed E-state index contributed by atoms with van der Waals surface area (Å²) in [7, 11) is 0. The number of carbonyl (C=O) groups is 1. The predicted octanol–water partition coefficient (Wildman–Crippen LogP) is 2.33. The second-order valence-corrected chi connectivity index (χ2v) is 6.31. The second kappa shape index (κ2) is 5.14. The zero-order valence-corrected chi connectivity index (χ0v) is 11.9. The molecule has 0 spiro atoms. The highest BCUT2D eigenvalue weighted by Crippen LogP contribution is 2.20. The quantitative estimate of drug-likeness (QED) is 0.871. The number of nitrogens with one attached hydrogen (secondary N) is 1. The lowest BCUT2D eigenvalue weighted by Crippen LogP contribution is -2.41. The van der Waals surface area contributed by atoms with Gasteiger partial charge in [0, 0.05) is 11.4 Å². The Balaban J connectivity index is 2.70. The van der Waals surface area contributed by atoms with E-state index in [2.05, 4.69) is 31.1 Å². The molecule has 0 fully saturated rings. The monoisotopic (exact) mass is 255 g/mol. The number of hydrogen-bond acceptors (Lipinski definition) is 4. The Hall–Kier alpha value is -0.940. The van der Waals surface area contributed by atoms with Gasteiger partial charge in [-0.15, -0.1) is 11.3 Å². The zero-order valence-electron chi connectivity index (χ0n) is 11.1. The van der Waals surface area contributed by atoms with Gasteiger partial charge in [0.05, 0.1) is 6.04 Å². The summed E-state index contributed by atoms with van der Waals surface area (Å²) in [6, 6.07) is -0.0305. The van der Waals surface area contributed by atoms with Crippen molar-refractivity contribution in [1.82, 2.24) is 10.3 Å². The summed E-state index contributed by atoms with van der Waals surface area (Å²) in [4.78, 5) is 16.2. The SMILES string of the molecule is CC(N)c1nc(C(=O)NC(C)C(C)(C)C)cs1. The number of nitrogens with two attached hydrogens (primary N) is 1. The minimum absolute atomic E-state index is 0.0374. The Morgan fingerprint density at radius 1 is 1.47 bits per heavy atom. The van der Waals surface area contributed by atoms with E-state index in [1.54, 1.807) is 5.38 Å². The van der Waals surface area contributed by atoms with Gasteiger partial charge in [-0.2, -0.15) is 0 Å². The molecule has 1 rings (SSSR count). The standard InChI is InChI=1S/C12H21N3OS/c1-7(13)11-15-9(6-17-11)10(16)14-8(2)12(3,4)5/h6-8H,13H2,1-5H3,(H,14,16). The number of rotatable bonds is 3. The van der Waals surface area contributed by atoms with E-state index in [4.69, 9.17) is 5.73 Å². The van der Waals surface area contributed by atoms with Gasteiger partial charge in [0.15, 0.2) is 0 Å². The number of carbonyl (C=O) groups excluding carboxylic acids is 1. The van der Waals surface area contributed by atoms with Gasteiger partial charge in [-0.05, 0) is 19.3 Å². The smallest absolute Gasteiger partial charge is 0.270 e. The number of aromatic nitrogens is 1. The maximum Gasteiger partial charge on any atom is 0.270 e. The van der Waals surface area contributed by atoms with E-state index >= 15 is 0 Å². The molecule has 3 N–H and O–H groups in total. The summed E-state index contributed by atoms with van der Waals surface area (Å²) >= 11 is 1.42. The van der Waals surface area contributed by atoms with Crippen molar-refractivity contribution in [2.45, 2.75) is 46.7 Å². The van der Waals surface area contributed by atoms with Crippen LogP contribution in [0.3, 0.4) is 0 Å². The lowest BCUT2D eigenvalue weighted by molar-refractivity contribution is 0.0905. The zero-order chi connectivity index (χ0) is 13.2. The van der Waals surface area contributed by atoms with Crippen molar-refractivity contribution in [3.63, 3.8) is 0 Å². The molecule has 17 heavy (non-hydrogen) atoms. The topological polar surface area (TPSA) is 68.0 Å². The van der Waals surface area contributed by atoms with Crippen molar-refractivity contribution >= 4 is 17.2 Å². The fourth-order valence-electron chi connectivity index (χ4n) is 1.09. The average Bonchev–Trinajstić information content (AvgIpc) is 2.64. The average molecular weight is 255 g/mol. The summed E-state index contributed by atoms with van der Waals surface area (Å²) < 4.78 is 0. The minimum Gasteiger partial charge on any atom is -0.348 e. The Labute approximate surface area is 107 Å². The van der Waals surface area contributed by atoms with Crippen LogP contribution in [0.1, 0.15) is 56.2 Å². The summed E-state index contributed by atoms with van der Waals surface area (Å²) in [5.74, 6) is -0.129. The summed E-state index contributed by atoms with van der Waals surface area (Å²) in [6.45, 7) is 10.1. The van der Waals surface area contributed by atoms with Gasteiger partial charge >= 0.3 is 0 Å². The van der Waals surface area contributed by atoms with Crippen LogP contribution in [0.5, 0.6) is 0 Å². The van der Waals surface area contributed by atoms with Crippen LogP contribution in [0.4, 0.5) is 0 Å². The highest BCUT2D eigenvalue weighted by molar-refractivity contribution is 7.09. The van der Waals surface area contributed by atoms with Crippen molar-refractivity contribution in [3.8, 4) is 0 Å². The molecule has 1 amide bonds. The largest absolute Gasteiger partial charge is 0.348 e. The van der Waals surface area contributed by atoms with Crippen LogP contribution in [0.15, 0.2) is 5.38 Å². The maximum atomic E-state index is 11.9. The Morgan fingerprint density at radius 2 is 2.06 bits per heavy atom. The minimum atomic E-state index is -0.129. The maximum absolute atomic E-state index is 11.9. The molecule has 0 bridgehead atoms. The molecule has 4 nitrogen and oxygen atoms in total. The molecule has 1 heterocycles. The molecule has 1 aromatic heterocycles. The first kappa shape index (κ1) is 14.1. The number of nitrogens with zero attached hydrogens (tertiary/aromatic N) is 1. The normalized spacial score (nSPS) is 15.4. The van der Waals surface area contributed by atoms with Crippen LogP contribution in [0.25, 0.3) is 0 Å². The van der Waals surface area contributed by atoms with Crippen molar-refractivity contribution in [2.24, 2.45) is 11.1 Å². The Kier molecular flexibility index (Phi) is 4.27. The van der Waals surface area contributed by atoms with Gasteiger partial charge in [-0.25, -0.2) is 4.98 Å². The molecule has 0 aliphatic rings. The van der Waals surface area contributed by atoms with Crippen molar-refractivity contribution in [2.75, 3.05) is 0 Å². The number of thiazole rings is 1. The van der Waals surface area contributed by atoms with E-state index in [9.17, 15) is 4.79 Å². The van der Waals surface area contributed by atoms with Gasteiger partial charge in [-0.3, -0.25) is 4.79 Å². The van der Waals surface area contributed by atoms with Crippen molar-refractivity contribution in [3.05, 3.63) is 16.1 Å². The van der Waals surface area contributed by atoms with Gasteiger partial charge < -0.3 is 11.1 Å². The van der Waals surface area contributed by atoms with Gasteiger partial charge in [-0.1, -0.05) is 20.8 Å². The number of hydrogen-bond donors (Lipinski definition) is 2. The molecule has 0 aromatic carbocycles. The van der Waals surface area contributed by atoms with Crippen LogP contribution in [-0.4, -0.2) is 16.9 Å². The number of amides is 1. The van der Waals surface area contributed by atoms with Crippen LogP contribution in [0.2, 0.25) is 0 Å². The predicted molar refractivity (Wildman–Crippen MR) is 71.1 cm³/mol. The third-order valence-corrected chi connectivity index (χ3v) is 3.84. The summed E-state index contributed by atoms with van der Waals surface area (Å²) in [5.41, 5.74) is 6.21. The summed E-state index contributed by atoms with van der Waals surface area (Å²) in [5, 5.41) is 5.50. The van der Waals surface area contributed by atoms with Crippen LogP contribution in [-0.2, 0) is 0 Å². The molecule has 0 saturated carbocycles. The molecular weight excluding hydrogens is 234 g/mol. The molecule has 0 saturated heterocycles. The molecule has 2 unspecified atom stereocenters. The van der Waals surface area contributed by atoms with Gasteiger partial charge in [0.25, 0.3) is 5.91 Å². The fraction of sp³-hybridized carbons (Fsp3) is 0.667. The fourth-order valence-corrected chi connectivity index (χ4v) is 1.85. The van der Waals surface area contributed by atoms with Gasteiger partial charge in [0.1, 0.15) is 10.7 Å². The van der Waals surface area contributed by atoms with Crippen molar-refractivity contribution in [1.29, 1.82) is 0 Å². The van der Waals surface area contributed by atoms with E-state index in [0.29, 0.717) is 5.69 Å². The second-order valence-electron chi connectivity index (χ2n) is 5.42. The highest BCUT2D eigenvalue weighted by atomic mass is 32.1. The van der Waals surface area contributed by atoms with Crippen LogP contribution >= 0.6 is 11.3 Å². The molecule has 0 aliphatic carbocycles. The van der Waals surface area contributed by atoms with Crippen molar-refractivity contribution < 1.29 is 4.79 Å². The molecule has 2 atom stereocenters.